The Balaban J connectivity index is 2.29. The molecule has 0 aliphatic heterocycles. The second-order valence-electron chi connectivity index (χ2n) is 3.26. The lowest BCUT2D eigenvalue weighted by Crippen LogP contribution is -2.06. The van der Waals surface area contributed by atoms with Crippen LogP contribution >= 0.6 is 11.3 Å². The molecule has 2 N–H and O–H groups in total. The van der Waals surface area contributed by atoms with Crippen molar-refractivity contribution in [3.63, 3.8) is 0 Å². The minimum Gasteiger partial charge on any atom is -0.429 e. The number of aromatic nitrogens is 2. The van der Waals surface area contributed by atoms with E-state index in [2.05, 4.69) is 10.2 Å². The molecule has 0 fully saturated rings. The van der Waals surface area contributed by atoms with Crippen molar-refractivity contribution in [1.29, 1.82) is 0 Å². The van der Waals surface area contributed by atoms with Crippen LogP contribution in [-0.4, -0.2) is 10.2 Å². The number of nitrogens with zero attached hydrogens (tertiary/aromatic N) is 2. The number of hydrogen-bond donors (Lipinski definition) is 1. The fraction of sp³-hybridized carbons (Fsp3) is 0.200. The molecule has 0 unspecified atom stereocenters. The maximum absolute atomic E-state index is 12.7. The lowest BCUT2D eigenvalue weighted by atomic mass is 10.2. The van der Waals surface area contributed by atoms with Crippen LogP contribution < -0.4 is 10.5 Å². The van der Waals surface area contributed by atoms with Crippen molar-refractivity contribution in [3.8, 4) is 10.9 Å². The number of nitrogens with two attached hydrogens (primary N) is 1. The first-order valence-corrected chi connectivity index (χ1v) is 5.69. The van der Waals surface area contributed by atoms with Crippen molar-refractivity contribution in [1.82, 2.24) is 10.2 Å². The van der Waals surface area contributed by atoms with Gasteiger partial charge >= 0.3 is 6.18 Å². The molecule has 0 saturated heterocycles. The van der Waals surface area contributed by atoms with E-state index in [4.69, 9.17) is 10.5 Å². The summed E-state index contributed by atoms with van der Waals surface area (Å²) in [5, 5.41) is 7.79. The van der Waals surface area contributed by atoms with E-state index in [0.717, 1.165) is 17.4 Å². The number of benzene rings is 1. The fourth-order valence-corrected chi connectivity index (χ4v) is 1.83. The van der Waals surface area contributed by atoms with Crippen LogP contribution in [0.1, 0.15) is 10.6 Å². The summed E-state index contributed by atoms with van der Waals surface area (Å²) in [4.78, 5) is 0. The number of alkyl halides is 3. The Hall–Kier alpha value is -1.67. The molecule has 0 bridgehead atoms. The normalized spacial score (nSPS) is 11.6. The van der Waals surface area contributed by atoms with Crippen molar-refractivity contribution in [3.05, 3.63) is 34.8 Å². The lowest BCUT2D eigenvalue weighted by molar-refractivity contribution is -0.138. The highest BCUT2D eigenvalue weighted by molar-refractivity contribution is 7.13. The van der Waals surface area contributed by atoms with Crippen LogP contribution in [0.3, 0.4) is 0 Å². The first kappa shape index (κ1) is 12.8. The van der Waals surface area contributed by atoms with Gasteiger partial charge in [-0.3, -0.25) is 0 Å². The van der Waals surface area contributed by atoms with Gasteiger partial charge in [0.15, 0.2) is 0 Å². The van der Waals surface area contributed by atoms with Crippen molar-refractivity contribution in [2.45, 2.75) is 12.7 Å². The number of ether oxygens (including phenoxy) is 1. The summed E-state index contributed by atoms with van der Waals surface area (Å²) in [5.74, 6) is -0.301. The van der Waals surface area contributed by atoms with Crippen LogP contribution in [0.5, 0.6) is 10.9 Å². The van der Waals surface area contributed by atoms with Gasteiger partial charge in [-0.05, 0) is 12.1 Å². The largest absolute Gasteiger partial charge is 0.429 e. The highest BCUT2D eigenvalue weighted by atomic mass is 32.1. The van der Waals surface area contributed by atoms with Crippen molar-refractivity contribution in [2.24, 2.45) is 5.73 Å². The molecule has 0 radical (unpaired) electrons. The minimum absolute atomic E-state index is 0.0344. The highest BCUT2D eigenvalue weighted by Crippen LogP contribution is 2.38. The highest BCUT2D eigenvalue weighted by Gasteiger charge is 2.34. The average Bonchev–Trinajstić information content (AvgIpc) is 2.76. The van der Waals surface area contributed by atoms with E-state index < -0.39 is 11.7 Å². The van der Waals surface area contributed by atoms with Gasteiger partial charge in [0, 0.05) is 6.54 Å². The maximum atomic E-state index is 12.7. The summed E-state index contributed by atoms with van der Waals surface area (Å²) in [6.07, 6.45) is -4.47. The van der Waals surface area contributed by atoms with Crippen molar-refractivity contribution in [2.75, 3.05) is 0 Å². The van der Waals surface area contributed by atoms with E-state index in [-0.39, 0.29) is 17.5 Å². The molecule has 0 saturated carbocycles. The summed E-state index contributed by atoms with van der Waals surface area (Å²) in [5.41, 5.74) is 4.48. The summed E-state index contributed by atoms with van der Waals surface area (Å²) in [7, 11) is 0. The Morgan fingerprint density at radius 1 is 1.22 bits per heavy atom. The predicted molar refractivity (Wildman–Crippen MR) is 59.3 cm³/mol. The smallest absolute Gasteiger partial charge is 0.419 e. The van der Waals surface area contributed by atoms with Gasteiger partial charge in [0.05, 0.1) is 5.56 Å². The summed E-state index contributed by atoms with van der Waals surface area (Å²) >= 11 is 1.01. The molecule has 4 nitrogen and oxygen atoms in total. The van der Waals surface area contributed by atoms with E-state index in [1.54, 1.807) is 0 Å². The second kappa shape index (κ2) is 4.91. The third kappa shape index (κ3) is 2.77. The van der Waals surface area contributed by atoms with E-state index in [0.29, 0.717) is 5.01 Å². The SMILES string of the molecule is NCc1nnc(Oc2ccccc2C(F)(F)F)s1. The first-order chi connectivity index (χ1) is 8.50. The molecule has 0 aliphatic rings. The maximum Gasteiger partial charge on any atom is 0.419 e. The monoisotopic (exact) mass is 275 g/mol. The van der Waals surface area contributed by atoms with Gasteiger partial charge in [-0.15, -0.1) is 5.10 Å². The zero-order valence-electron chi connectivity index (χ0n) is 8.94. The van der Waals surface area contributed by atoms with Gasteiger partial charge < -0.3 is 10.5 Å². The topological polar surface area (TPSA) is 61.0 Å². The zero-order chi connectivity index (χ0) is 13.2. The standard InChI is InChI=1S/C10H8F3N3OS/c11-10(12,13)6-3-1-2-4-7(6)17-9-16-15-8(5-14)18-9/h1-4H,5,14H2. The van der Waals surface area contributed by atoms with Gasteiger partial charge in [-0.1, -0.05) is 28.6 Å². The Bertz CT molecular complexity index is 541. The van der Waals surface area contributed by atoms with Crippen molar-refractivity contribution >= 4 is 11.3 Å². The average molecular weight is 275 g/mol. The van der Waals surface area contributed by atoms with Gasteiger partial charge in [0.25, 0.3) is 5.19 Å². The molecule has 0 amide bonds. The second-order valence-corrected chi connectivity index (χ2v) is 4.29. The predicted octanol–water partition coefficient (Wildman–Crippen LogP) is 2.81. The van der Waals surface area contributed by atoms with Gasteiger partial charge in [0.2, 0.25) is 0 Å². The molecule has 1 aromatic heterocycles. The van der Waals surface area contributed by atoms with Gasteiger partial charge in [-0.25, -0.2) is 0 Å². The molecule has 0 aliphatic carbocycles. The van der Waals surface area contributed by atoms with E-state index in [1.165, 1.54) is 18.2 Å². The number of halogens is 3. The Morgan fingerprint density at radius 2 is 1.94 bits per heavy atom. The lowest BCUT2D eigenvalue weighted by Gasteiger charge is -2.11. The molecule has 2 rings (SSSR count). The zero-order valence-corrected chi connectivity index (χ0v) is 9.76. The third-order valence-corrected chi connectivity index (χ3v) is 2.84. The summed E-state index contributed by atoms with van der Waals surface area (Å²) < 4.78 is 43.2. The fourth-order valence-electron chi connectivity index (χ4n) is 1.25. The molecular weight excluding hydrogens is 267 g/mol. The molecule has 8 heteroatoms. The Kier molecular flexibility index (Phi) is 3.48. The number of rotatable bonds is 3. The third-order valence-electron chi connectivity index (χ3n) is 2.01. The summed E-state index contributed by atoms with van der Waals surface area (Å²) in [6, 6.07) is 4.92. The van der Waals surface area contributed by atoms with E-state index in [9.17, 15) is 13.2 Å². The van der Waals surface area contributed by atoms with Crippen molar-refractivity contribution < 1.29 is 17.9 Å². The van der Waals surface area contributed by atoms with Crippen LogP contribution in [0.4, 0.5) is 13.2 Å². The van der Waals surface area contributed by atoms with Crippen LogP contribution in [-0.2, 0) is 12.7 Å². The molecule has 0 spiro atoms. The summed E-state index contributed by atoms with van der Waals surface area (Å²) in [6.45, 7) is 0.169. The molecule has 96 valence electrons. The Morgan fingerprint density at radius 3 is 2.56 bits per heavy atom. The van der Waals surface area contributed by atoms with E-state index in [1.807, 2.05) is 0 Å². The molecule has 18 heavy (non-hydrogen) atoms. The van der Waals surface area contributed by atoms with Crippen LogP contribution in [0.15, 0.2) is 24.3 Å². The Labute approximate surface area is 104 Å². The van der Waals surface area contributed by atoms with Crippen LogP contribution in [0.25, 0.3) is 0 Å². The number of para-hydroxylation sites is 1. The number of hydrogen-bond acceptors (Lipinski definition) is 5. The van der Waals surface area contributed by atoms with Gasteiger partial charge in [0.1, 0.15) is 10.8 Å². The first-order valence-electron chi connectivity index (χ1n) is 4.87. The van der Waals surface area contributed by atoms with E-state index >= 15 is 0 Å². The quantitative estimate of drug-likeness (QED) is 0.935. The molecule has 2 aromatic rings. The molecule has 1 aromatic carbocycles. The van der Waals surface area contributed by atoms with Crippen LogP contribution in [0.2, 0.25) is 0 Å². The van der Waals surface area contributed by atoms with Crippen LogP contribution in [0, 0.1) is 0 Å². The molecular formula is C10H8F3N3OS. The van der Waals surface area contributed by atoms with Gasteiger partial charge in [-0.2, -0.15) is 13.2 Å². The molecule has 0 atom stereocenters. The minimum atomic E-state index is -4.47. The molecule has 1 heterocycles.